The summed E-state index contributed by atoms with van der Waals surface area (Å²) in [6.07, 6.45) is 0. The number of hydrogen-bond acceptors (Lipinski definition) is 2. The van der Waals surface area contributed by atoms with Crippen molar-refractivity contribution in [1.29, 1.82) is 0 Å². The van der Waals surface area contributed by atoms with Gasteiger partial charge in [0, 0.05) is 18.0 Å². The van der Waals surface area contributed by atoms with Crippen LogP contribution in [0.15, 0.2) is 54.6 Å². The fraction of sp³-hybridized carbons (Fsp3) is 0.350. The Balaban J connectivity index is 1.67. The van der Waals surface area contributed by atoms with Gasteiger partial charge in [-0.1, -0.05) is 62.4 Å². The fourth-order valence-electron chi connectivity index (χ4n) is 3.15. The van der Waals surface area contributed by atoms with Crippen LogP contribution < -0.4 is 10.1 Å². The Labute approximate surface area is 137 Å². The lowest BCUT2D eigenvalue weighted by molar-refractivity contribution is -0.122. The summed E-state index contributed by atoms with van der Waals surface area (Å²) in [6, 6.07) is 18.2. The van der Waals surface area contributed by atoms with Gasteiger partial charge in [-0.05, 0) is 17.5 Å². The Morgan fingerprint density at radius 3 is 2.57 bits per heavy atom. The average Bonchev–Trinajstić information content (AvgIpc) is 2.99. The highest BCUT2D eigenvalue weighted by Gasteiger charge is 2.30. The Morgan fingerprint density at radius 2 is 1.83 bits per heavy atom. The van der Waals surface area contributed by atoms with E-state index in [0.29, 0.717) is 25.0 Å². The Morgan fingerprint density at radius 1 is 1.13 bits per heavy atom. The van der Waals surface area contributed by atoms with Crippen molar-refractivity contribution in [3.8, 4) is 5.75 Å². The van der Waals surface area contributed by atoms with E-state index in [4.69, 9.17) is 4.74 Å². The number of carbonyl (C=O) groups is 1. The molecule has 120 valence electrons. The molecule has 0 saturated heterocycles. The van der Waals surface area contributed by atoms with Gasteiger partial charge in [0.25, 0.3) is 0 Å². The molecule has 1 heterocycles. The molecule has 2 aromatic rings. The zero-order chi connectivity index (χ0) is 16.2. The smallest absolute Gasteiger partial charge is 0.231 e. The number of carbonyl (C=O) groups excluding carboxylic acids is 1. The fourth-order valence-corrected chi connectivity index (χ4v) is 3.15. The van der Waals surface area contributed by atoms with Gasteiger partial charge in [0.05, 0.1) is 0 Å². The standard InChI is InChI=1S/C20H23NO2/c1-14(2)17(15-8-4-3-5-9-15)12-21-20(22)18-13-23-19-11-7-6-10-16(18)19/h3-11,14,17-18H,12-13H2,1-2H3,(H,21,22). The summed E-state index contributed by atoms with van der Waals surface area (Å²) in [7, 11) is 0. The van der Waals surface area contributed by atoms with Crippen LogP contribution in [-0.4, -0.2) is 19.1 Å². The summed E-state index contributed by atoms with van der Waals surface area (Å²) >= 11 is 0. The molecule has 23 heavy (non-hydrogen) atoms. The second-order valence-electron chi connectivity index (χ2n) is 6.41. The number of hydrogen-bond donors (Lipinski definition) is 1. The van der Waals surface area contributed by atoms with E-state index in [2.05, 4.69) is 31.3 Å². The van der Waals surface area contributed by atoms with Crippen LogP contribution >= 0.6 is 0 Å². The number of amides is 1. The van der Waals surface area contributed by atoms with Crippen LogP contribution in [0.2, 0.25) is 0 Å². The van der Waals surface area contributed by atoms with Crippen molar-refractivity contribution in [1.82, 2.24) is 5.32 Å². The Bertz CT molecular complexity index is 666. The molecule has 3 nitrogen and oxygen atoms in total. The van der Waals surface area contributed by atoms with Crippen molar-refractivity contribution in [2.45, 2.75) is 25.7 Å². The SMILES string of the molecule is CC(C)C(CNC(=O)C1COc2ccccc21)c1ccccc1. The molecule has 2 atom stereocenters. The van der Waals surface area contributed by atoms with Crippen LogP contribution in [0.25, 0.3) is 0 Å². The Hall–Kier alpha value is -2.29. The zero-order valence-corrected chi connectivity index (χ0v) is 13.7. The van der Waals surface area contributed by atoms with Crippen molar-refractivity contribution in [3.05, 3.63) is 65.7 Å². The van der Waals surface area contributed by atoms with E-state index in [1.165, 1.54) is 5.56 Å². The first-order valence-corrected chi connectivity index (χ1v) is 8.21. The van der Waals surface area contributed by atoms with Crippen LogP contribution in [0.1, 0.15) is 36.8 Å². The summed E-state index contributed by atoms with van der Waals surface area (Å²) in [4.78, 5) is 12.6. The number of ether oxygens (including phenoxy) is 1. The summed E-state index contributed by atoms with van der Waals surface area (Å²) < 4.78 is 5.61. The highest BCUT2D eigenvalue weighted by Crippen LogP contribution is 2.33. The predicted octanol–water partition coefficient (Wildman–Crippen LogP) is 3.72. The second-order valence-corrected chi connectivity index (χ2v) is 6.41. The molecule has 0 bridgehead atoms. The molecule has 0 radical (unpaired) electrons. The highest BCUT2D eigenvalue weighted by atomic mass is 16.5. The first-order valence-electron chi connectivity index (χ1n) is 8.21. The van der Waals surface area contributed by atoms with Gasteiger partial charge in [-0.2, -0.15) is 0 Å². The van der Waals surface area contributed by atoms with Crippen LogP contribution in [0.3, 0.4) is 0 Å². The molecule has 0 fully saturated rings. The zero-order valence-electron chi connectivity index (χ0n) is 13.7. The molecule has 0 aromatic heterocycles. The number of para-hydroxylation sites is 1. The van der Waals surface area contributed by atoms with Gasteiger partial charge >= 0.3 is 0 Å². The quantitative estimate of drug-likeness (QED) is 0.914. The normalized spacial score (nSPS) is 17.4. The monoisotopic (exact) mass is 309 g/mol. The highest BCUT2D eigenvalue weighted by molar-refractivity contribution is 5.85. The third kappa shape index (κ3) is 3.39. The molecule has 2 unspecified atom stereocenters. The van der Waals surface area contributed by atoms with Gasteiger partial charge in [0.15, 0.2) is 0 Å². The number of nitrogens with one attached hydrogen (secondary N) is 1. The first-order chi connectivity index (χ1) is 11.2. The van der Waals surface area contributed by atoms with Gasteiger partial charge in [0.2, 0.25) is 5.91 Å². The molecule has 0 aliphatic carbocycles. The maximum atomic E-state index is 12.6. The summed E-state index contributed by atoms with van der Waals surface area (Å²) in [5.74, 6) is 1.46. The van der Waals surface area contributed by atoms with Gasteiger partial charge in [-0.25, -0.2) is 0 Å². The molecule has 1 aliphatic rings. The van der Waals surface area contributed by atoms with Crippen molar-refractivity contribution >= 4 is 5.91 Å². The summed E-state index contributed by atoms with van der Waals surface area (Å²) in [5.41, 5.74) is 2.26. The first kappa shape index (κ1) is 15.6. The summed E-state index contributed by atoms with van der Waals surface area (Å²) in [6.45, 7) is 5.47. The van der Waals surface area contributed by atoms with Gasteiger partial charge < -0.3 is 10.1 Å². The van der Waals surface area contributed by atoms with E-state index < -0.39 is 0 Å². The van der Waals surface area contributed by atoms with Crippen molar-refractivity contribution in [2.75, 3.05) is 13.2 Å². The maximum Gasteiger partial charge on any atom is 0.231 e. The van der Waals surface area contributed by atoms with E-state index in [1.54, 1.807) is 0 Å². The number of rotatable bonds is 5. The largest absolute Gasteiger partial charge is 0.492 e. The maximum absolute atomic E-state index is 12.6. The summed E-state index contributed by atoms with van der Waals surface area (Å²) in [5, 5.41) is 3.13. The van der Waals surface area contributed by atoms with E-state index in [9.17, 15) is 4.79 Å². The molecule has 2 aromatic carbocycles. The van der Waals surface area contributed by atoms with Crippen molar-refractivity contribution in [2.24, 2.45) is 5.92 Å². The molecule has 1 N–H and O–H groups in total. The molecule has 0 saturated carbocycles. The third-order valence-corrected chi connectivity index (χ3v) is 4.55. The predicted molar refractivity (Wildman–Crippen MR) is 91.7 cm³/mol. The minimum absolute atomic E-state index is 0.0523. The van der Waals surface area contributed by atoms with Crippen LogP contribution in [-0.2, 0) is 4.79 Å². The lowest BCUT2D eigenvalue weighted by atomic mass is 9.88. The molecule has 3 rings (SSSR count). The van der Waals surface area contributed by atoms with E-state index in [0.717, 1.165) is 11.3 Å². The molecule has 0 spiro atoms. The van der Waals surface area contributed by atoms with Gasteiger partial charge in [-0.3, -0.25) is 4.79 Å². The average molecular weight is 309 g/mol. The lowest BCUT2D eigenvalue weighted by Crippen LogP contribution is -2.34. The Kier molecular flexibility index (Phi) is 4.65. The molecular weight excluding hydrogens is 286 g/mol. The minimum atomic E-state index is -0.199. The van der Waals surface area contributed by atoms with Crippen LogP contribution in [0, 0.1) is 5.92 Å². The lowest BCUT2D eigenvalue weighted by Gasteiger charge is -2.22. The van der Waals surface area contributed by atoms with E-state index >= 15 is 0 Å². The van der Waals surface area contributed by atoms with Crippen molar-refractivity contribution in [3.63, 3.8) is 0 Å². The third-order valence-electron chi connectivity index (χ3n) is 4.55. The molecule has 1 aliphatic heterocycles. The van der Waals surface area contributed by atoms with E-state index in [-0.39, 0.29) is 11.8 Å². The van der Waals surface area contributed by atoms with Crippen LogP contribution in [0.4, 0.5) is 0 Å². The van der Waals surface area contributed by atoms with Gasteiger partial charge in [0.1, 0.15) is 18.3 Å². The number of fused-ring (bicyclic) bond motifs is 1. The second kappa shape index (κ2) is 6.86. The molecule has 1 amide bonds. The van der Waals surface area contributed by atoms with Crippen LogP contribution in [0.5, 0.6) is 5.75 Å². The molecule has 3 heteroatoms. The van der Waals surface area contributed by atoms with Crippen molar-refractivity contribution < 1.29 is 9.53 Å². The topological polar surface area (TPSA) is 38.3 Å². The minimum Gasteiger partial charge on any atom is -0.492 e. The number of benzene rings is 2. The van der Waals surface area contributed by atoms with E-state index in [1.807, 2.05) is 42.5 Å². The molecular formula is C20H23NO2. The van der Waals surface area contributed by atoms with Gasteiger partial charge in [-0.15, -0.1) is 0 Å².